The van der Waals surface area contributed by atoms with Gasteiger partial charge in [-0.25, -0.2) is 0 Å². The van der Waals surface area contributed by atoms with Crippen LogP contribution in [0.5, 0.6) is 0 Å². The molecule has 0 rings (SSSR count). The van der Waals surface area contributed by atoms with Gasteiger partial charge in [-0.2, -0.15) is 0 Å². The molecule has 0 radical (unpaired) electrons. The quantitative estimate of drug-likeness (QED) is 0.664. The van der Waals surface area contributed by atoms with Crippen LogP contribution in [0.3, 0.4) is 0 Å². The molecule has 0 aromatic carbocycles. The lowest BCUT2D eigenvalue weighted by atomic mass is 10.2. The van der Waals surface area contributed by atoms with Crippen molar-refractivity contribution in [3.63, 3.8) is 0 Å². The van der Waals surface area contributed by atoms with Gasteiger partial charge in [0.1, 0.15) is 0 Å². The summed E-state index contributed by atoms with van der Waals surface area (Å²) in [4.78, 5) is 0. The first kappa shape index (κ1) is 14.9. The van der Waals surface area contributed by atoms with Gasteiger partial charge in [-0.3, -0.25) is 0 Å². The summed E-state index contributed by atoms with van der Waals surface area (Å²) in [5.41, 5.74) is -0.431. The zero-order chi connectivity index (χ0) is 12.1. The lowest BCUT2D eigenvalue weighted by molar-refractivity contribution is -0.250. The van der Waals surface area contributed by atoms with Crippen molar-refractivity contribution in [2.45, 2.75) is 66.0 Å². The summed E-state index contributed by atoms with van der Waals surface area (Å²) in [5, 5.41) is 0. The highest BCUT2D eigenvalue weighted by atomic mass is 16.7. The van der Waals surface area contributed by atoms with Gasteiger partial charge in [0, 0.05) is 6.61 Å². The van der Waals surface area contributed by atoms with Gasteiger partial charge in [0.05, 0.1) is 17.8 Å². The number of ether oxygens (including phenoxy) is 3. The van der Waals surface area contributed by atoms with E-state index < -0.39 is 0 Å². The summed E-state index contributed by atoms with van der Waals surface area (Å²) in [7, 11) is 0. The van der Waals surface area contributed by atoms with E-state index in [-0.39, 0.29) is 17.5 Å². The van der Waals surface area contributed by atoms with Crippen molar-refractivity contribution in [2.24, 2.45) is 0 Å². The second-order valence-electron chi connectivity index (χ2n) is 5.55. The molecule has 0 unspecified atom stereocenters. The van der Waals surface area contributed by atoms with E-state index in [4.69, 9.17) is 14.2 Å². The van der Waals surface area contributed by atoms with E-state index in [0.29, 0.717) is 13.2 Å². The van der Waals surface area contributed by atoms with Crippen molar-refractivity contribution in [3.8, 4) is 0 Å². The zero-order valence-corrected chi connectivity index (χ0v) is 11.2. The summed E-state index contributed by atoms with van der Waals surface area (Å²) in [5.74, 6) is 0. The Morgan fingerprint density at radius 3 is 1.53 bits per heavy atom. The minimum absolute atomic E-state index is 0.215. The number of rotatable bonds is 5. The third kappa shape index (κ3) is 10.2. The van der Waals surface area contributed by atoms with E-state index in [2.05, 4.69) is 0 Å². The Morgan fingerprint density at radius 2 is 1.27 bits per heavy atom. The lowest BCUT2D eigenvalue weighted by Crippen LogP contribution is -2.38. The standard InChI is InChI=1S/C12H26O3/c1-8-13-9-10(14-11(2,3)4)15-12(5,6)7/h10H,8-9H2,1-7H3. The molecule has 3 heteroatoms. The van der Waals surface area contributed by atoms with Gasteiger partial charge in [-0.1, -0.05) is 0 Å². The van der Waals surface area contributed by atoms with Crippen LogP contribution in [0.25, 0.3) is 0 Å². The van der Waals surface area contributed by atoms with E-state index in [0.717, 1.165) is 0 Å². The normalized spacial score (nSPS) is 13.6. The van der Waals surface area contributed by atoms with Gasteiger partial charge in [0.2, 0.25) is 0 Å². The fraction of sp³-hybridized carbons (Fsp3) is 1.00. The van der Waals surface area contributed by atoms with Crippen LogP contribution in [0.15, 0.2) is 0 Å². The monoisotopic (exact) mass is 218 g/mol. The van der Waals surface area contributed by atoms with Crippen LogP contribution >= 0.6 is 0 Å². The van der Waals surface area contributed by atoms with Crippen molar-refractivity contribution >= 4 is 0 Å². The molecule has 0 saturated heterocycles. The second-order valence-corrected chi connectivity index (χ2v) is 5.55. The van der Waals surface area contributed by atoms with Crippen molar-refractivity contribution in [1.29, 1.82) is 0 Å². The summed E-state index contributed by atoms with van der Waals surface area (Å²) in [6.45, 7) is 15.2. The Labute approximate surface area is 94.1 Å². The topological polar surface area (TPSA) is 27.7 Å². The molecule has 0 aromatic rings. The molecule has 0 saturated carbocycles. The first-order valence-electron chi connectivity index (χ1n) is 5.57. The molecule has 92 valence electrons. The maximum Gasteiger partial charge on any atom is 0.182 e. The highest BCUT2D eigenvalue weighted by Crippen LogP contribution is 2.17. The first-order valence-corrected chi connectivity index (χ1v) is 5.57. The molecule has 0 aliphatic heterocycles. The Balaban J connectivity index is 4.19. The molecule has 0 heterocycles. The fourth-order valence-corrected chi connectivity index (χ4v) is 1.09. The molecular formula is C12H26O3. The summed E-state index contributed by atoms with van der Waals surface area (Å²) in [6.07, 6.45) is -0.301. The molecule has 15 heavy (non-hydrogen) atoms. The van der Waals surface area contributed by atoms with Crippen LogP contribution in [-0.4, -0.2) is 30.7 Å². The second kappa shape index (κ2) is 5.83. The maximum absolute atomic E-state index is 5.77. The summed E-state index contributed by atoms with van der Waals surface area (Å²) >= 11 is 0. The average molecular weight is 218 g/mol. The Bertz CT molecular complexity index is 149. The molecule has 0 bridgehead atoms. The third-order valence-corrected chi connectivity index (χ3v) is 1.43. The van der Waals surface area contributed by atoms with Gasteiger partial charge in [-0.15, -0.1) is 0 Å². The first-order chi connectivity index (χ1) is 6.64. The van der Waals surface area contributed by atoms with Crippen LogP contribution in [0.4, 0.5) is 0 Å². The van der Waals surface area contributed by atoms with Gasteiger partial charge in [-0.05, 0) is 48.5 Å². The van der Waals surface area contributed by atoms with Crippen molar-refractivity contribution in [2.75, 3.05) is 13.2 Å². The summed E-state index contributed by atoms with van der Waals surface area (Å²) in [6, 6.07) is 0. The Hall–Kier alpha value is -0.120. The van der Waals surface area contributed by atoms with Crippen molar-refractivity contribution < 1.29 is 14.2 Å². The summed E-state index contributed by atoms with van der Waals surface area (Å²) < 4.78 is 16.9. The molecule has 3 nitrogen and oxygen atoms in total. The molecule has 0 aliphatic carbocycles. The van der Waals surface area contributed by atoms with Gasteiger partial charge >= 0.3 is 0 Å². The molecule has 0 N–H and O–H groups in total. The molecule has 0 atom stereocenters. The van der Waals surface area contributed by atoms with Crippen LogP contribution in [0, 0.1) is 0 Å². The molecule has 0 aromatic heterocycles. The highest BCUT2D eigenvalue weighted by Gasteiger charge is 2.24. The van der Waals surface area contributed by atoms with Gasteiger partial charge < -0.3 is 14.2 Å². The van der Waals surface area contributed by atoms with E-state index in [9.17, 15) is 0 Å². The smallest absolute Gasteiger partial charge is 0.182 e. The van der Waals surface area contributed by atoms with Gasteiger partial charge in [0.25, 0.3) is 0 Å². The average Bonchev–Trinajstić information content (AvgIpc) is 1.94. The van der Waals surface area contributed by atoms with Crippen LogP contribution in [0.1, 0.15) is 48.5 Å². The Kier molecular flexibility index (Phi) is 5.78. The molecule has 0 amide bonds. The van der Waals surface area contributed by atoms with Crippen molar-refractivity contribution in [1.82, 2.24) is 0 Å². The van der Waals surface area contributed by atoms with Crippen molar-refractivity contribution in [3.05, 3.63) is 0 Å². The minimum Gasteiger partial charge on any atom is -0.376 e. The third-order valence-electron chi connectivity index (χ3n) is 1.43. The number of hydrogen-bond acceptors (Lipinski definition) is 3. The Morgan fingerprint density at radius 1 is 0.867 bits per heavy atom. The van der Waals surface area contributed by atoms with Crippen LogP contribution < -0.4 is 0 Å². The SMILES string of the molecule is CCOCC(OC(C)(C)C)OC(C)(C)C. The molecule has 0 spiro atoms. The highest BCUT2D eigenvalue weighted by molar-refractivity contribution is 4.65. The molecular weight excluding hydrogens is 192 g/mol. The maximum atomic E-state index is 5.77. The largest absolute Gasteiger partial charge is 0.376 e. The predicted molar refractivity (Wildman–Crippen MR) is 62.0 cm³/mol. The number of hydrogen-bond donors (Lipinski definition) is 0. The van der Waals surface area contributed by atoms with E-state index in [1.165, 1.54) is 0 Å². The molecule has 0 aliphatic rings. The molecule has 0 fully saturated rings. The zero-order valence-electron chi connectivity index (χ0n) is 11.2. The predicted octanol–water partition coefficient (Wildman–Crippen LogP) is 2.98. The minimum atomic E-state index is -0.301. The van der Waals surface area contributed by atoms with Gasteiger partial charge in [0.15, 0.2) is 6.29 Å². The fourth-order valence-electron chi connectivity index (χ4n) is 1.09. The van der Waals surface area contributed by atoms with E-state index >= 15 is 0 Å². The van der Waals surface area contributed by atoms with Crippen LogP contribution in [-0.2, 0) is 14.2 Å². The van der Waals surface area contributed by atoms with E-state index in [1.807, 2.05) is 48.5 Å². The lowest BCUT2D eigenvalue weighted by Gasteiger charge is -2.32. The van der Waals surface area contributed by atoms with Crippen LogP contribution in [0.2, 0.25) is 0 Å². The van der Waals surface area contributed by atoms with E-state index in [1.54, 1.807) is 0 Å².